The molecule has 1 atom stereocenters. The average Bonchev–Trinajstić information content (AvgIpc) is 2.79. The van der Waals surface area contributed by atoms with Gasteiger partial charge in [-0.2, -0.15) is 0 Å². The molecule has 24 heavy (non-hydrogen) atoms. The van der Waals surface area contributed by atoms with Crippen LogP contribution in [-0.2, 0) is 10.2 Å². The minimum atomic E-state index is -0.526. The standard InChI is InChI=1S/C21H22N2O/c1-20(2)17-10-6-7-11-18(17)23-15-13-19(24)22-21(20,23)14-12-16-8-4-3-5-9-16/h3-12,14H,13,15H2,1-2H3,(H,22,24)/t21-/m1/s1. The van der Waals surface area contributed by atoms with Gasteiger partial charge in [0, 0.05) is 24.1 Å². The molecule has 0 bridgehead atoms. The highest BCUT2D eigenvalue weighted by atomic mass is 16.2. The fourth-order valence-corrected chi connectivity index (χ4v) is 4.10. The summed E-state index contributed by atoms with van der Waals surface area (Å²) in [5.41, 5.74) is 2.90. The second kappa shape index (κ2) is 5.23. The number of carbonyl (C=O) groups excluding carboxylic acids is 1. The van der Waals surface area contributed by atoms with Crippen molar-refractivity contribution in [1.82, 2.24) is 5.32 Å². The number of hydrogen-bond acceptors (Lipinski definition) is 2. The number of nitrogens with zero attached hydrogens (tertiary/aromatic N) is 1. The van der Waals surface area contributed by atoms with E-state index in [0.29, 0.717) is 6.42 Å². The third kappa shape index (κ3) is 2.01. The first-order valence-corrected chi connectivity index (χ1v) is 8.47. The Hall–Kier alpha value is -2.55. The van der Waals surface area contributed by atoms with Crippen molar-refractivity contribution in [1.29, 1.82) is 0 Å². The summed E-state index contributed by atoms with van der Waals surface area (Å²) in [5.74, 6) is 0.116. The Labute approximate surface area is 143 Å². The summed E-state index contributed by atoms with van der Waals surface area (Å²) >= 11 is 0. The number of fused-ring (bicyclic) bond motifs is 3. The number of anilines is 1. The quantitative estimate of drug-likeness (QED) is 0.915. The lowest BCUT2D eigenvalue weighted by molar-refractivity contribution is -0.124. The lowest BCUT2D eigenvalue weighted by atomic mass is 9.74. The van der Waals surface area contributed by atoms with E-state index >= 15 is 0 Å². The molecule has 122 valence electrons. The second-order valence-corrected chi connectivity index (χ2v) is 7.10. The van der Waals surface area contributed by atoms with Crippen LogP contribution in [0.25, 0.3) is 6.08 Å². The van der Waals surface area contributed by atoms with Gasteiger partial charge in [-0.25, -0.2) is 0 Å². The van der Waals surface area contributed by atoms with Crippen molar-refractivity contribution in [2.45, 2.75) is 31.3 Å². The molecule has 1 N–H and O–H groups in total. The van der Waals surface area contributed by atoms with Gasteiger partial charge in [0.2, 0.25) is 5.91 Å². The first-order valence-electron chi connectivity index (χ1n) is 8.47. The molecular weight excluding hydrogens is 296 g/mol. The summed E-state index contributed by atoms with van der Waals surface area (Å²) in [4.78, 5) is 14.6. The van der Waals surface area contributed by atoms with E-state index in [-0.39, 0.29) is 11.3 Å². The van der Waals surface area contributed by atoms with E-state index in [2.05, 4.69) is 72.6 Å². The Morgan fingerprint density at radius 3 is 2.54 bits per heavy atom. The molecule has 1 amide bonds. The summed E-state index contributed by atoms with van der Waals surface area (Å²) in [7, 11) is 0. The summed E-state index contributed by atoms with van der Waals surface area (Å²) < 4.78 is 0. The van der Waals surface area contributed by atoms with E-state index in [1.807, 2.05) is 18.2 Å². The molecule has 0 saturated carbocycles. The van der Waals surface area contributed by atoms with Gasteiger partial charge in [-0.3, -0.25) is 4.79 Å². The zero-order valence-corrected chi connectivity index (χ0v) is 14.1. The molecule has 2 aromatic carbocycles. The van der Waals surface area contributed by atoms with Gasteiger partial charge in [-0.15, -0.1) is 0 Å². The van der Waals surface area contributed by atoms with Gasteiger partial charge in [-0.1, -0.05) is 68.5 Å². The molecular formula is C21H22N2O. The van der Waals surface area contributed by atoms with Gasteiger partial charge in [0.05, 0.1) is 0 Å². The SMILES string of the molecule is CC1(C)c2ccccc2N2CCC(=O)N[C@]21C=Cc1ccccc1. The lowest BCUT2D eigenvalue weighted by Crippen LogP contribution is -2.68. The van der Waals surface area contributed by atoms with Gasteiger partial charge < -0.3 is 10.2 Å². The number of amides is 1. The number of para-hydroxylation sites is 1. The summed E-state index contributed by atoms with van der Waals surface area (Å²) in [6.45, 7) is 5.17. The number of carbonyl (C=O) groups is 1. The highest BCUT2D eigenvalue weighted by Crippen LogP contribution is 2.52. The van der Waals surface area contributed by atoms with E-state index in [1.54, 1.807) is 0 Å². The maximum Gasteiger partial charge on any atom is 0.223 e. The number of hydrogen-bond donors (Lipinski definition) is 1. The van der Waals surface area contributed by atoms with Crippen LogP contribution in [0.2, 0.25) is 0 Å². The molecule has 2 aliphatic heterocycles. The number of benzene rings is 2. The van der Waals surface area contributed by atoms with Crippen LogP contribution in [0.3, 0.4) is 0 Å². The van der Waals surface area contributed by atoms with Gasteiger partial charge in [-0.05, 0) is 23.3 Å². The third-order valence-corrected chi connectivity index (χ3v) is 5.46. The Kier molecular flexibility index (Phi) is 3.27. The van der Waals surface area contributed by atoms with Gasteiger partial charge >= 0.3 is 0 Å². The van der Waals surface area contributed by atoms with Gasteiger partial charge in [0.1, 0.15) is 5.66 Å². The molecule has 1 fully saturated rings. The Balaban J connectivity index is 1.86. The summed E-state index contributed by atoms with van der Waals surface area (Å²) in [5, 5.41) is 3.30. The number of rotatable bonds is 2. The van der Waals surface area contributed by atoms with E-state index in [4.69, 9.17) is 0 Å². The van der Waals surface area contributed by atoms with Crippen LogP contribution in [0, 0.1) is 0 Å². The van der Waals surface area contributed by atoms with Gasteiger partial charge in [0.15, 0.2) is 0 Å². The van der Waals surface area contributed by atoms with Crippen LogP contribution in [0.15, 0.2) is 60.7 Å². The number of nitrogens with one attached hydrogen (secondary N) is 1. The molecule has 0 spiro atoms. The zero-order chi connectivity index (χ0) is 16.8. The predicted molar refractivity (Wildman–Crippen MR) is 97.8 cm³/mol. The fraction of sp³-hybridized carbons (Fsp3) is 0.286. The second-order valence-electron chi connectivity index (χ2n) is 7.10. The molecule has 3 nitrogen and oxygen atoms in total. The third-order valence-electron chi connectivity index (χ3n) is 5.46. The van der Waals surface area contributed by atoms with Crippen LogP contribution in [-0.4, -0.2) is 18.1 Å². The minimum absolute atomic E-state index is 0.116. The van der Waals surface area contributed by atoms with E-state index in [9.17, 15) is 4.79 Å². The molecule has 4 rings (SSSR count). The fourth-order valence-electron chi connectivity index (χ4n) is 4.10. The molecule has 2 aromatic rings. The maximum absolute atomic E-state index is 12.3. The largest absolute Gasteiger partial charge is 0.344 e. The Bertz CT molecular complexity index is 810. The molecule has 3 heteroatoms. The van der Waals surface area contributed by atoms with Crippen molar-refractivity contribution in [2.24, 2.45) is 0 Å². The monoisotopic (exact) mass is 318 g/mol. The lowest BCUT2D eigenvalue weighted by Gasteiger charge is -2.49. The van der Waals surface area contributed by atoms with E-state index in [0.717, 1.165) is 12.1 Å². The van der Waals surface area contributed by atoms with Crippen molar-refractivity contribution in [2.75, 3.05) is 11.4 Å². The summed E-state index contributed by atoms with van der Waals surface area (Å²) in [6.07, 6.45) is 4.82. The van der Waals surface area contributed by atoms with Crippen LogP contribution >= 0.6 is 0 Å². The van der Waals surface area contributed by atoms with Crippen LogP contribution < -0.4 is 10.2 Å². The normalized spacial score (nSPS) is 24.6. The predicted octanol–water partition coefficient (Wildman–Crippen LogP) is 3.71. The molecule has 0 unspecified atom stereocenters. The van der Waals surface area contributed by atoms with Crippen LogP contribution in [0.5, 0.6) is 0 Å². The van der Waals surface area contributed by atoms with Crippen LogP contribution in [0.4, 0.5) is 5.69 Å². The highest BCUT2D eigenvalue weighted by Gasteiger charge is 2.57. The molecule has 1 saturated heterocycles. The minimum Gasteiger partial charge on any atom is -0.344 e. The first-order chi connectivity index (χ1) is 11.5. The average molecular weight is 318 g/mol. The van der Waals surface area contributed by atoms with Gasteiger partial charge in [0.25, 0.3) is 0 Å². The smallest absolute Gasteiger partial charge is 0.223 e. The maximum atomic E-state index is 12.3. The highest BCUT2D eigenvalue weighted by molar-refractivity contribution is 5.84. The topological polar surface area (TPSA) is 32.3 Å². The molecule has 0 aromatic heterocycles. The van der Waals surface area contributed by atoms with Crippen molar-refractivity contribution in [3.05, 3.63) is 71.8 Å². The van der Waals surface area contributed by atoms with E-state index < -0.39 is 5.66 Å². The van der Waals surface area contributed by atoms with Crippen molar-refractivity contribution < 1.29 is 4.79 Å². The summed E-state index contributed by atoms with van der Waals surface area (Å²) in [6, 6.07) is 18.7. The van der Waals surface area contributed by atoms with Crippen molar-refractivity contribution >= 4 is 17.7 Å². The first kappa shape index (κ1) is 15.0. The van der Waals surface area contributed by atoms with E-state index in [1.165, 1.54) is 11.3 Å². The Morgan fingerprint density at radius 2 is 1.75 bits per heavy atom. The molecule has 0 aliphatic carbocycles. The molecule has 0 radical (unpaired) electrons. The van der Waals surface area contributed by atoms with Crippen molar-refractivity contribution in [3.63, 3.8) is 0 Å². The van der Waals surface area contributed by atoms with Crippen LogP contribution in [0.1, 0.15) is 31.4 Å². The Morgan fingerprint density at radius 1 is 1.04 bits per heavy atom. The zero-order valence-electron chi connectivity index (χ0n) is 14.1. The molecule has 2 heterocycles. The van der Waals surface area contributed by atoms with Crippen molar-refractivity contribution in [3.8, 4) is 0 Å². The molecule has 2 aliphatic rings.